The van der Waals surface area contributed by atoms with E-state index in [9.17, 15) is 19.8 Å². The smallest absolute Gasteiger partial charge is 0.308 e. The highest BCUT2D eigenvalue weighted by atomic mass is 16.5. The highest BCUT2D eigenvalue weighted by Crippen LogP contribution is 2.31. The number of aliphatic hydroxyl groups is 2. The van der Waals surface area contributed by atoms with Gasteiger partial charge in [-0.25, -0.2) is 4.98 Å². The predicted octanol–water partition coefficient (Wildman–Crippen LogP) is 4.90. The third-order valence-electron chi connectivity index (χ3n) is 6.27. The van der Waals surface area contributed by atoms with E-state index in [0.717, 1.165) is 18.5 Å². The summed E-state index contributed by atoms with van der Waals surface area (Å²) in [5, 5.41) is 20.5. The van der Waals surface area contributed by atoms with Gasteiger partial charge in [-0.1, -0.05) is 52.8 Å². The minimum Gasteiger partial charge on any atom is -0.465 e. The van der Waals surface area contributed by atoms with E-state index >= 15 is 0 Å². The van der Waals surface area contributed by atoms with Crippen molar-refractivity contribution in [3.05, 3.63) is 36.1 Å². The molecule has 1 aromatic rings. The minimum absolute atomic E-state index is 0.0256. The molecular weight excluding hydrogens is 434 g/mol. The molecule has 0 saturated carbocycles. The molecule has 7 nitrogen and oxygen atoms in total. The normalized spacial score (nSPS) is 30.3. The zero-order valence-corrected chi connectivity index (χ0v) is 21.8. The second-order valence-corrected chi connectivity index (χ2v) is 9.94. The number of cyclic esters (lactones) is 1. The van der Waals surface area contributed by atoms with E-state index in [-0.39, 0.29) is 30.6 Å². The predicted molar refractivity (Wildman–Crippen MR) is 133 cm³/mol. The van der Waals surface area contributed by atoms with E-state index < -0.39 is 23.6 Å². The number of rotatable bonds is 1. The molecule has 7 heteroatoms. The Labute approximate surface area is 204 Å². The van der Waals surface area contributed by atoms with Crippen LogP contribution in [0.1, 0.15) is 78.8 Å². The molecule has 2 heterocycles. The summed E-state index contributed by atoms with van der Waals surface area (Å²) < 4.78 is 10.1. The lowest BCUT2D eigenvalue weighted by atomic mass is 9.74. The van der Waals surface area contributed by atoms with Crippen LogP contribution in [-0.2, 0) is 14.3 Å². The first-order chi connectivity index (χ1) is 15.9. The Morgan fingerprint density at radius 1 is 1.18 bits per heavy atom. The van der Waals surface area contributed by atoms with Crippen LogP contribution in [-0.4, -0.2) is 45.8 Å². The lowest BCUT2D eigenvalue weighted by Gasteiger charge is -2.32. The molecule has 5 atom stereocenters. The highest BCUT2D eigenvalue weighted by Gasteiger charge is 2.39. The summed E-state index contributed by atoms with van der Waals surface area (Å²) >= 11 is 0. The van der Waals surface area contributed by atoms with Gasteiger partial charge in [-0.05, 0) is 31.8 Å². The fraction of sp³-hybridized carbons (Fsp3) is 0.667. The maximum atomic E-state index is 12.8. The first kappa shape index (κ1) is 29.8. The van der Waals surface area contributed by atoms with Crippen molar-refractivity contribution in [1.82, 2.24) is 4.98 Å². The summed E-state index contributed by atoms with van der Waals surface area (Å²) in [6.45, 7) is 13.1. The summed E-state index contributed by atoms with van der Waals surface area (Å²) in [5.41, 5.74) is -0.117. The van der Waals surface area contributed by atoms with Crippen LogP contribution in [0.4, 0.5) is 0 Å². The average Bonchev–Trinajstić information content (AvgIpc) is 3.17. The molecule has 0 fully saturated rings. The number of Topliss-reactive ketones (excluding diaryl/α,β-unsaturated/α-hetero) is 1. The maximum absolute atomic E-state index is 12.8. The second-order valence-electron chi connectivity index (χ2n) is 9.94. The van der Waals surface area contributed by atoms with Gasteiger partial charge in [0.15, 0.2) is 5.89 Å². The second kappa shape index (κ2) is 14.2. The molecular formula is C27H43NO6. The number of aromatic nitrogens is 1. The molecule has 5 unspecified atom stereocenters. The molecule has 0 amide bonds. The summed E-state index contributed by atoms with van der Waals surface area (Å²) in [6, 6.07) is 0. The molecule has 0 aliphatic carbocycles. The van der Waals surface area contributed by atoms with Crippen LogP contribution in [0, 0.1) is 30.1 Å². The molecule has 1 aliphatic heterocycles. The van der Waals surface area contributed by atoms with E-state index in [4.69, 9.17) is 9.15 Å². The number of nitrogens with zero attached hydrogens (tertiary/aromatic N) is 1. The number of carbonyl (C=O) groups is 2. The summed E-state index contributed by atoms with van der Waals surface area (Å²) in [5.74, 6) is 0.243. The van der Waals surface area contributed by atoms with Crippen LogP contribution >= 0.6 is 0 Å². The van der Waals surface area contributed by atoms with E-state index in [1.165, 1.54) is 0 Å². The maximum Gasteiger partial charge on any atom is 0.308 e. The molecule has 2 N–H and O–H groups in total. The van der Waals surface area contributed by atoms with Crippen LogP contribution < -0.4 is 0 Å². The average molecular weight is 478 g/mol. The lowest BCUT2D eigenvalue weighted by Crippen LogP contribution is -2.42. The monoisotopic (exact) mass is 477 g/mol. The Morgan fingerprint density at radius 2 is 1.85 bits per heavy atom. The Hall–Kier alpha value is -2.25. The van der Waals surface area contributed by atoms with Gasteiger partial charge in [-0.3, -0.25) is 9.59 Å². The molecule has 0 radical (unpaired) electrons. The SMILES string of the molecule is C/C=C\c1coc(C)n1.CC1C/C=C/C(C)C(O)CCOC(=O)CC(O)C(C)(C)C(=O)C(C)C1. The number of hydrogen-bond donors (Lipinski definition) is 2. The molecule has 34 heavy (non-hydrogen) atoms. The van der Waals surface area contributed by atoms with Crippen molar-refractivity contribution in [1.29, 1.82) is 0 Å². The Kier molecular flexibility index (Phi) is 12.5. The van der Waals surface area contributed by atoms with Crippen LogP contribution in [0.3, 0.4) is 0 Å². The van der Waals surface area contributed by atoms with Crippen molar-refractivity contribution in [3.8, 4) is 0 Å². The highest BCUT2D eigenvalue weighted by molar-refractivity contribution is 5.87. The molecule has 0 aromatic carbocycles. The van der Waals surface area contributed by atoms with Crippen LogP contribution in [0.2, 0.25) is 0 Å². The van der Waals surface area contributed by atoms with Crippen LogP contribution in [0.25, 0.3) is 6.08 Å². The van der Waals surface area contributed by atoms with Gasteiger partial charge in [0.1, 0.15) is 17.7 Å². The number of aryl methyl sites for hydroxylation is 1. The standard InChI is InChI=1S/C20H34O5.C7H9NO/c1-13-7-6-8-14(2)16(21)9-10-25-18(23)12-17(22)20(4,5)19(24)15(3)11-13;1-3-4-7-5-9-6(2)8-7/h6,8,13-17,21-22H,7,9-12H2,1-5H3;3-5H,1-2H3/b8-6+;4-3-. The topological polar surface area (TPSA) is 110 Å². The van der Waals surface area contributed by atoms with Gasteiger partial charge in [0, 0.05) is 25.2 Å². The van der Waals surface area contributed by atoms with E-state index in [1.54, 1.807) is 20.1 Å². The lowest BCUT2D eigenvalue weighted by molar-refractivity contribution is -0.151. The fourth-order valence-electron chi connectivity index (χ4n) is 3.92. The van der Waals surface area contributed by atoms with Gasteiger partial charge in [0.2, 0.25) is 0 Å². The Morgan fingerprint density at radius 3 is 2.44 bits per heavy atom. The van der Waals surface area contributed by atoms with E-state index in [0.29, 0.717) is 18.2 Å². The number of allylic oxidation sites excluding steroid dienone is 2. The number of ether oxygens (including phenoxy) is 1. The third kappa shape index (κ3) is 9.94. The summed E-state index contributed by atoms with van der Waals surface area (Å²) in [4.78, 5) is 28.7. The van der Waals surface area contributed by atoms with Crippen molar-refractivity contribution in [3.63, 3.8) is 0 Å². The number of hydrogen-bond acceptors (Lipinski definition) is 7. The summed E-state index contributed by atoms with van der Waals surface area (Å²) in [6.07, 6.45) is 9.53. The molecule has 0 bridgehead atoms. The quantitative estimate of drug-likeness (QED) is 0.437. The number of aliphatic hydroxyl groups excluding tert-OH is 2. The van der Waals surface area contributed by atoms with Gasteiger partial charge < -0.3 is 19.4 Å². The Bertz CT molecular complexity index is 825. The molecule has 0 spiro atoms. The fourth-order valence-corrected chi connectivity index (χ4v) is 3.92. The van der Waals surface area contributed by atoms with Gasteiger partial charge >= 0.3 is 5.97 Å². The van der Waals surface area contributed by atoms with Crippen LogP contribution in [0.15, 0.2) is 28.9 Å². The largest absolute Gasteiger partial charge is 0.465 e. The van der Waals surface area contributed by atoms with Gasteiger partial charge in [-0.2, -0.15) is 0 Å². The first-order valence-corrected chi connectivity index (χ1v) is 12.2. The molecule has 2 rings (SSSR count). The molecule has 192 valence electrons. The molecule has 1 aromatic heterocycles. The third-order valence-corrected chi connectivity index (χ3v) is 6.27. The van der Waals surface area contributed by atoms with Gasteiger partial charge in [-0.15, -0.1) is 0 Å². The van der Waals surface area contributed by atoms with E-state index in [2.05, 4.69) is 11.9 Å². The van der Waals surface area contributed by atoms with Gasteiger partial charge in [0.25, 0.3) is 0 Å². The Balaban J connectivity index is 0.000000533. The zero-order chi connectivity index (χ0) is 25.9. The van der Waals surface area contributed by atoms with Crippen LogP contribution in [0.5, 0.6) is 0 Å². The number of ketones is 1. The van der Waals surface area contributed by atoms with Crippen molar-refractivity contribution >= 4 is 17.8 Å². The van der Waals surface area contributed by atoms with E-state index in [1.807, 2.05) is 52.0 Å². The van der Waals surface area contributed by atoms with Crippen molar-refractivity contribution in [2.45, 2.75) is 86.4 Å². The van der Waals surface area contributed by atoms with Crippen molar-refractivity contribution in [2.24, 2.45) is 23.2 Å². The number of esters is 1. The number of carbonyl (C=O) groups excluding carboxylic acids is 2. The van der Waals surface area contributed by atoms with Crippen molar-refractivity contribution in [2.75, 3.05) is 6.61 Å². The molecule has 1 aliphatic rings. The summed E-state index contributed by atoms with van der Waals surface area (Å²) in [7, 11) is 0. The van der Waals surface area contributed by atoms with Gasteiger partial charge in [0.05, 0.1) is 30.7 Å². The van der Waals surface area contributed by atoms with Crippen molar-refractivity contribution < 1.29 is 29.0 Å². The molecule has 0 saturated heterocycles. The minimum atomic E-state index is -1.08. The first-order valence-electron chi connectivity index (χ1n) is 12.2. The zero-order valence-electron chi connectivity index (χ0n) is 21.8. The number of oxazole rings is 1.